The molecule has 27 heavy (non-hydrogen) atoms. The van der Waals surface area contributed by atoms with Gasteiger partial charge in [0.2, 0.25) is 0 Å². The van der Waals surface area contributed by atoms with Crippen molar-refractivity contribution < 1.29 is 25.9 Å². The lowest BCUT2D eigenvalue weighted by atomic mass is 10.1. The Bertz CT molecular complexity index is 926. The molecule has 0 unspecified atom stereocenters. The number of quaternary nitrogens is 1. The fourth-order valence-electron chi connectivity index (χ4n) is 2.17. The van der Waals surface area contributed by atoms with Gasteiger partial charge in [-0.05, 0) is 56.1 Å². The van der Waals surface area contributed by atoms with Crippen molar-refractivity contribution in [1.82, 2.24) is 0 Å². The average molecular weight is 389 g/mol. The van der Waals surface area contributed by atoms with Crippen LogP contribution in [0.15, 0.2) is 51.7 Å². The summed E-state index contributed by atoms with van der Waals surface area (Å²) < 4.78 is 0. The van der Waals surface area contributed by atoms with E-state index in [2.05, 4.69) is 15.3 Å². The Balaban J connectivity index is 2.18. The topological polar surface area (TPSA) is 135 Å². The van der Waals surface area contributed by atoms with E-state index in [1.165, 1.54) is 41.5 Å². The third kappa shape index (κ3) is 5.47. The third-order valence-electron chi connectivity index (χ3n) is 3.62. The van der Waals surface area contributed by atoms with E-state index in [1.54, 1.807) is 26.0 Å². The Kier molecular flexibility index (Phi) is 6.80. The van der Waals surface area contributed by atoms with Gasteiger partial charge in [0.1, 0.15) is 28.7 Å². The van der Waals surface area contributed by atoms with Crippen LogP contribution in [0.1, 0.15) is 25.0 Å². The minimum absolute atomic E-state index is 0.0262. The van der Waals surface area contributed by atoms with Crippen LogP contribution in [0.4, 0.5) is 0 Å². The lowest BCUT2D eigenvalue weighted by Gasteiger charge is -2.04. The molecule has 0 radical (unpaired) electrons. The molecule has 0 fully saturated rings. The molecule has 2 aromatic carbocycles. The highest BCUT2D eigenvalue weighted by Gasteiger charge is 2.09. The fourth-order valence-corrected chi connectivity index (χ4v) is 2.45. The van der Waals surface area contributed by atoms with Gasteiger partial charge in [0.15, 0.2) is 0 Å². The van der Waals surface area contributed by atoms with Crippen LogP contribution >= 0.6 is 11.8 Å². The number of aromatic hydroxyl groups is 4. The van der Waals surface area contributed by atoms with Gasteiger partial charge in [0.25, 0.3) is 0 Å². The first-order valence-corrected chi connectivity index (χ1v) is 9.13. The van der Waals surface area contributed by atoms with Crippen molar-refractivity contribution >= 4 is 28.4 Å². The van der Waals surface area contributed by atoms with E-state index in [4.69, 9.17) is 0 Å². The average Bonchev–Trinajstić information content (AvgIpc) is 2.61. The van der Waals surface area contributed by atoms with Crippen LogP contribution in [-0.2, 0) is 0 Å². The summed E-state index contributed by atoms with van der Waals surface area (Å²) in [5.41, 5.74) is 3.50. The van der Waals surface area contributed by atoms with Gasteiger partial charge >= 0.3 is 5.17 Å². The number of amidine groups is 1. The predicted octanol–water partition coefficient (Wildman–Crippen LogP) is 1.94. The van der Waals surface area contributed by atoms with E-state index in [0.717, 1.165) is 0 Å². The summed E-state index contributed by atoms with van der Waals surface area (Å²) in [4.78, 5) is 0. The molecule has 142 valence electrons. The van der Waals surface area contributed by atoms with Crippen molar-refractivity contribution in [3.63, 3.8) is 0 Å². The van der Waals surface area contributed by atoms with Crippen molar-refractivity contribution in [3.8, 4) is 23.0 Å². The van der Waals surface area contributed by atoms with Crippen molar-refractivity contribution in [1.29, 1.82) is 0 Å². The molecule has 9 heteroatoms. The lowest BCUT2D eigenvalue weighted by molar-refractivity contribution is -0.540. The van der Waals surface area contributed by atoms with Gasteiger partial charge in [-0.2, -0.15) is 5.43 Å². The van der Waals surface area contributed by atoms with Crippen LogP contribution in [0, 0.1) is 0 Å². The van der Waals surface area contributed by atoms with Gasteiger partial charge < -0.3 is 20.4 Å². The Hall–Kier alpha value is -3.04. The van der Waals surface area contributed by atoms with Crippen molar-refractivity contribution in [2.24, 2.45) is 15.3 Å². The zero-order valence-electron chi connectivity index (χ0n) is 15.1. The van der Waals surface area contributed by atoms with E-state index >= 15 is 0 Å². The van der Waals surface area contributed by atoms with E-state index in [1.807, 2.05) is 6.26 Å². The number of phenols is 4. The van der Waals surface area contributed by atoms with E-state index in [9.17, 15) is 20.4 Å². The van der Waals surface area contributed by atoms with Gasteiger partial charge in [-0.15, -0.1) is 5.10 Å². The Labute approximate surface area is 160 Å². The van der Waals surface area contributed by atoms with Crippen LogP contribution in [0.25, 0.3) is 0 Å². The number of nitrogens with two attached hydrogens (primary N) is 1. The number of thioether (sulfide) groups is 1. The molecule has 0 heterocycles. The summed E-state index contributed by atoms with van der Waals surface area (Å²) in [5.74, 6) is -0.212. The van der Waals surface area contributed by atoms with E-state index in [0.29, 0.717) is 27.7 Å². The highest BCUT2D eigenvalue weighted by atomic mass is 32.2. The van der Waals surface area contributed by atoms with Gasteiger partial charge in [0.05, 0.1) is 5.71 Å². The third-order valence-corrected chi connectivity index (χ3v) is 4.22. The molecule has 0 bridgehead atoms. The van der Waals surface area contributed by atoms with Gasteiger partial charge in [-0.25, -0.2) is 0 Å². The highest BCUT2D eigenvalue weighted by Crippen LogP contribution is 2.24. The standard InChI is InChI=1S/C18H20N4O4S/c1-10(14-6-4-12(23)8-16(14)25)19-21-18(27-3)22-20-11(2)15-7-5-13(24)9-17(15)26/h4-9,23-26H,1-3H3,(H,21,22)/p+1. The van der Waals surface area contributed by atoms with E-state index < -0.39 is 0 Å². The fraction of sp³-hybridized carbons (Fsp3) is 0.167. The molecule has 6 N–H and O–H groups in total. The van der Waals surface area contributed by atoms with E-state index in [-0.39, 0.29) is 23.0 Å². The highest BCUT2D eigenvalue weighted by molar-refractivity contribution is 8.12. The molecule has 0 amide bonds. The van der Waals surface area contributed by atoms with Crippen LogP contribution in [0.2, 0.25) is 0 Å². The van der Waals surface area contributed by atoms with Crippen LogP contribution in [0.3, 0.4) is 0 Å². The summed E-state index contributed by atoms with van der Waals surface area (Å²) in [6.45, 7) is 3.42. The Morgan fingerprint density at radius 1 is 0.815 bits per heavy atom. The summed E-state index contributed by atoms with van der Waals surface area (Å²) in [5, 5.41) is 51.4. The quantitative estimate of drug-likeness (QED) is 0.236. The maximum Gasteiger partial charge on any atom is 0.305 e. The molecule has 0 aromatic heterocycles. The Morgan fingerprint density at radius 3 is 1.81 bits per heavy atom. The number of benzene rings is 2. The largest absolute Gasteiger partial charge is 0.508 e. The normalized spacial score (nSPS) is 13.1. The minimum Gasteiger partial charge on any atom is -0.508 e. The second kappa shape index (κ2) is 9.06. The number of phenolic OH excluding ortho intramolecular Hbond substituents is 4. The van der Waals surface area contributed by atoms with Gasteiger partial charge in [-0.1, -0.05) is 10.2 Å². The maximum atomic E-state index is 9.88. The molecule has 0 atom stereocenters. The number of rotatable bonds is 4. The molecular weight excluding hydrogens is 368 g/mol. The van der Waals surface area contributed by atoms with Crippen LogP contribution < -0.4 is 5.43 Å². The molecule has 0 aliphatic carbocycles. The molecule has 8 nitrogen and oxygen atoms in total. The van der Waals surface area contributed by atoms with Gasteiger partial charge in [0, 0.05) is 23.3 Å². The predicted molar refractivity (Wildman–Crippen MR) is 107 cm³/mol. The first-order valence-electron chi connectivity index (χ1n) is 7.90. The molecule has 2 aromatic rings. The minimum atomic E-state index is -0.0854. The molecule has 0 saturated heterocycles. The molecule has 0 saturated carbocycles. The maximum absolute atomic E-state index is 9.88. The zero-order chi connectivity index (χ0) is 20.0. The number of hydrogen-bond donors (Lipinski definition) is 5. The lowest BCUT2D eigenvalue weighted by Crippen LogP contribution is -2.81. The van der Waals surface area contributed by atoms with Crippen LogP contribution in [0.5, 0.6) is 23.0 Å². The smallest absolute Gasteiger partial charge is 0.305 e. The second-order valence-electron chi connectivity index (χ2n) is 5.57. The monoisotopic (exact) mass is 389 g/mol. The van der Waals surface area contributed by atoms with Crippen molar-refractivity contribution in [2.75, 3.05) is 6.26 Å². The first-order chi connectivity index (χ1) is 12.8. The molecule has 0 spiro atoms. The summed E-state index contributed by atoms with van der Waals surface area (Å²) in [7, 11) is 0. The zero-order valence-corrected chi connectivity index (χ0v) is 15.9. The first kappa shape index (κ1) is 20.3. The van der Waals surface area contributed by atoms with Crippen molar-refractivity contribution in [2.45, 2.75) is 13.8 Å². The molecule has 2 rings (SSSR count). The SMILES string of the molecule is CS/C(=N/N=C(C)c1ccc(O)cc1O)[NH2+]N=C(C)c1ccc(O)cc1O. The van der Waals surface area contributed by atoms with Crippen LogP contribution in [-0.4, -0.2) is 43.3 Å². The van der Waals surface area contributed by atoms with Crippen molar-refractivity contribution in [3.05, 3.63) is 47.5 Å². The number of nitrogens with zero attached hydrogens (tertiary/aromatic N) is 3. The Morgan fingerprint density at radius 2 is 1.33 bits per heavy atom. The second-order valence-corrected chi connectivity index (χ2v) is 6.40. The molecule has 0 aliphatic rings. The summed E-state index contributed by atoms with van der Waals surface area (Å²) in [6.07, 6.45) is 1.82. The number of hydrogen-bond acceptors (Lipinski definition) is 8. The molecular formula is C18H21N4O4S+. The molecule has 0 aliphatic heterocycles. The van der Waals surface area contributed by atoms with Gasteiger partial charge in [-0.3, -0.25) is 0 Å². The summed E-state index contributed by atoms with van der Waals surface area (Å²) >= 11 is 1.33. The summed E-state index contributed by atoms with van der Waals surface area (Å²) in [6, 6.07) is 8.53.